The molecule has 2 aliphatic heterocycles. The maximum atomic E-state index is 13.5. The Kier molecular flexibility index (Phi) is 7.14. The van der Waals surface area contributed by atoms with E-state index in [1.165, 1.54) is 12.1 Å². The Hall–Kier alpha value is -2.10. The van der Waals surface area contributed by atoms with E-state index in [9.17, 15) is 9.18 Å². The molecule has 31 heavy (non-hydrogen) atoms. The number of amides is 1. The summed E-state index contributed by atoms with van der Waals surface area (Å²) in [5.74, 6) is 0.689. The second-order valence-corrected chi connectivity index (χ2v) is 8.65. The van der Waals surface area contributed by atoms with Crippen molar-refractivity contribution in [1.82, 2.24) is 24.6 Å². The quantitative estimate of drug-likeness (QED) is 0.661. The first kappa shape index (κ1) is 22.1. The predicted molar refractivity (Wildman–Crippen MR) is 118 cm³/mol. The van der Waals surface area contributed by atoms with Crippen LogP contribution in [-0.4, -0.2) is 57.5 Å². The Bertz CT molecular complexity index is 944. The van der Waals surface area contributed by atoms with Gasteiger partial charge in [-0.3, -0.25) is 14.3 Å². The van der Waals surface area contributed by atoms with Crippen LogP contribution >= 0.6 is 12.2 Å². The summed E-state index contributed by atoms with van der Waals surface area (Å²) in [5, 5.41) is 7.73. The van der Waals surface area contributed by atoms with E-state index >= 15 is 0 Å². The van der Waals surface area contributed by atoms with Gasteiger partial charge >= 0.3 is 0 Å². The van der Waals surface area contributed by atoms with Crippen molar-refractivity contribution in [2.24, 2.45) is 5.92 Å². The number of nitrogens with zero attached hydrogens (tertiary/aromatic N) is 4. The Morgan fingerprint density at radius 3 is 2.65 bits per heavy atom. The van der Waals surface area contributed by atoms with Crippen LogP contribution in [0.15, 0.2) is 24.3 Å². The third-order valence-electron chi connectivity index (χ3n) is 6.08. The van der Waals surface area contributed by atoms with Crippen LogP contribution in [0.4, 0.5) is 4.39 Å². The lowest BCUT2D eigenvalue weighted by atomic mass is 9.96. The third-order valence-corrected chi connectivity index (χ3v) is 6.51. The lowest BCUT2D eigenvalue weighted by molar-refractivity contribution is -0.126. The molecule has 0 bridgehead atoms. The molecule has 2 aromatic rings. The molecule has 168 valence electrons. The van der Waals surface area contributed by atoms with Crippen molar-refractivity contribution < 1.29 is 13.9 Å². The smallest absolute Gasteiger partial charge is 0.223 e. The lowest BCUT2D eigenvalue weighted by Crippen LogP contribution is -2.41. The number of halogens is 1. The van der Waals surface area contributed by atoms with Crippen molar-refractivity contribution in [2.45, 2.75) is 51.9 Å². The molecule has 2 fully saturated rings. The highest BCUT2D eigenvalue weighted by Crippen LogP contribution is 2.23. The van der Waals surface area contributed by atoms with Gasteiger partial charge in [0.2, 0.25) is 5.91 Å². The molecule has 1 amide bonds. The summed E-state index contributed by atoms with van der Waals surface area (Å²) < 4.78 is 23.8. The van der Waals surface area contributed by atoms with Crippen molar-refractivity contribution in [3.63, 3.8) is 0 Å². The molecule has 0 aliphatic carbocycles. The van der Waals surface area contributed by atoms with E-state index < -0.39 is 0 Å². The van der Waals surface area contributed by atoms with Crippen molar-refractivity contribution in [1.29, 1.82) is 0 Å². The van der Waals surface area contributed by atoms with Gasteiger partial charge in [-0.05, 0) is 69.1 Å². The maximum Gasteiger partial charge on any atom is 0.223 e. The molecule has 2 aliphatic rings. The van der Waals surface area contributed by atoms with E-state index in [4.69, 9.17) is 22.1 Å². The van der Waals surface area contributed by atoms with Crippen molar-refractivity contribution in [3.8, 4) is 11.4 Å². The van der Waals surface area contributed by atoms with Crippen LogP contribution in [0.5, 0.6) is 0 Å². The van der Waals surface area contributed by atoms with Gasteiger partial charge in [0.25, 0.3) is 0 Å². The monoisotopic (exact) mass is 447 g/mol. The number of aromatic nitrogens is 3. The van der Waals surface area contributed by atoms with Crippen molar-refractivity contribution in [2.75, 3.05) is 26.2 Å². The number of hydrogen-bond acceptors (Lipinski definition) is 5. The zero-order valence-corrected chi connectivity index (χ0v) is 18.7. The van der Waals surface area contributed by atoms with E-state index in [0.29, 0.717) is 24.5 Å². The SMILES string of the molecule is CCNC(=O)C1CCN(Cn2nc(-c3ccc(F)cc3)n(CC3CCCO3)c2=S)CC1. The molecule has 1 aromatic heterocycles. The average Bonchev–Trinajstić information content (AvgIpc) is 3.39. The minimum absolute atomic E-state index is 0.0796. The number of hydrogen-bond donors (Lipinski definition) is 1. The van der Waals surface area contributed by atoms with Gasteiger partial charge in [-0.25, -0.2) is 9.07 Å². The minimum atomic E-state index is -0.276. The highest BCUT2D eigenvalue weighted by molar-refractivity contribution is 7.71. The molecule has 4 rings (SSSR count). The van der Waals surface area contributed by atoms with Crippen molar-refractivity contribution in [3.05, 3.63) is 34.9 Å². The Balaban J connectivity index is 1.52. The molecule has 0 saturated carbocycles. The molecule has 1 unspecified atom stereocenters. The first-order chi connectivity index (χ1) is 15.0. The standard InChI is InChI=1S/C22H30FN5O2S/c1-2-24-21(29)17-9-11-26(12-10-17)15-28-22(31)27(14-19-4-3-13-30-19)20(25-28)16-5-7-18(23)8-6-16/h5-8,17,19H,2-4,9-15H2,1H3,(H,24,29). The summed E-state index contributed by atoms with van der Waals surface area (Å²) in [6.45, 7) is 6.27. The fourth-order valence-corrected chi connectivity index (χ4v) is 4.61. The van der Waals surface area contributed by atoms with Crippen LogP contribution in [0, 0.1) is 16.5 Å². The Labute approximate surface area is 187 Å². The Morgan fingerprint density at radius 2 is 2.00 bits per heavy atom. The molecular weight excluding hydrogens is 417 g/mol. The zero-order valence-electron chi connectivity index (χ0n) is 17.9. The summed E-state index contributed by atoms with van der Waals surface area (Å²) in [7, 11) is 0. The van der Waals surface area contributed by atoms with Gasteiger partial charge in [0.15, 0.2) is 10.6 Å². The predicted octanol–water partition coefficient (Wildman–Crippen LogP) is 3.20. The van der Waals surface area contributed by atoms with E-state index in [2.05, 4.69) is 10.2 Å². The summed E-state index contributed by atoms with van der Waals surface area (Å²) in [6.07, 6.45) is 3.85. The fraction of sp³-hybridized carbons (Fsp3) is 0.591. The van der Waals surface area contributed by atoms with Crippen LogP contribution < -0.4 is 5.32 Å². The second-order valence-electron chi connectivity index (χ2n) is 8.29. The number of likely N-dealkylation sites (tertiary alicyclic amines) is 1. The topological polar surface area (TPSA) is 64.3 Å². The number of carbonyl (C=O) groups is 1. The molecule has 0 radical (unpaired) electrons. The first-order valence-corrected chi connectivity index (χ1v) is 11.5. The number of benzene rings is 1. The summed E-state index contributed by atoms with van der Waals surface area (Å²) in [5.41, 5.74) is 0.833. The number of nitrogens with one attached hydrogen (secondary N) is 1. The van der Waals surface area contributed by atoms with E-state index in [1.54, 1.807) is 12.1 Å². The maximum absolute atomic E-state index is 13.5. The minimum Gasteiger partial charge on any atom is -0.376 e. The van der Waals surface area contributed by atoms with Gasteiger partial charge in [0.1, 0.15) is 5.82 Å². The summed E-state index contributed by atoms with van der Waals surface area (Å²) >= 11 is 5.78. The fourth-order valence-electron chi connectivity index (χ4n) is 4.35. The molecule has 7 nitrogen and oxygen atoms in total. The van der Waals surface area contributed by atoms with Crippen LogP contribution in [0.2, 0.25) is 0 Å². The second kappa shape index (κ2) is 10.0. The van der Waals surface area contributed by atoms with Gasteiger partial charge in [-0.15, -0.1) is 0 Å². The van der Waals surface area contributed by atoms with Gasteiger partial charge in [-0.1, -0.05) is 0 Å². The number of carbonyl (C=O) groups excluding carboxylic acids is 1. The molecule has 1 atom stereocenters. The van der Waals surface area contributed by atoms with Crippen LogP contribution in [0.25, 0.3) is 11.4 Å². The average molecular weight is 448 g/mol. The normalized spacial score (nSPS) is 20.3. The summed E-state index contributed by atoms with van der Waals surface area (Å²) in [6, 6.07) is 6.36. The number of piperidine rings is 1. The molecule has 1 aromatic carbocycles. The van der Waals surface area contributed by atoms with Crippen molar-refractivity contribution >= 4 is 18.1 Å². The third kappa shape index (κ3) is 5.22. The first-order valence-electron chi connectivity index (χ1n) is 11.1. The van der Waals surface area contributed by atoms with Gasteiger partial charge in [-0.2, -0.15) is 5.10 Å². The molecule has 9 heteroatoms. The number of rotatable bonds is 7. The zero-order chi connectivity index (χ0) is 21.8. The van der Waals surface area contributed by atoms with Crippen LogP contribution in [0.1, 0.15) is 32.6 Å². The molecule has 0 spiro atoms. The lowest BCUT2D eigenvalue weighted by Gasteiger charge is -2.30. The van der Waals surface area contributed by atoms with Crippen LogP contribution in [-0.2, 0) is 22.7 Å². The highest BCUT2D eigenvalue weighted by Gasteiger charge is 2.26. The number of ether oxygens (including phenoxy) is 1. The Morgan fingerprint density at radius 1 is 1.26 bits per heavy atom. The van der Waals surface area contributed by atoms with E-state index in [1.807, 2.05) is 16.2 Å². The van der Waals surface area contributed by atoms with Gasteiger partial charge in [0.05, 0.1) is 19.3 Å². The van der Waals surface area contributed by atoms with E-state index in [-0.39, 0.29) is 23.7 Å². The highest BCUT2D eigenvalue weighted by atomic mass is 32.1. The van der Waals surface area contributed by atoms with Gasteiger partial charge in [0, 0.05) is 37.7 Å². The van der Waals surface area contributed by atoms with Crippen LogP contribution in [0.3, 0.4) is 0 Å². The van der Waals surface area contributed by atoms with E-state index in [0.717, 1.165) is 56.8 Å². The summed E-state index contributed by atoms with van der Waals surface area (Å²) in [4.78, 5) is 14.4. The molecular formula is C22H30FN5O2S. The molecule has 2 saturated heterocycles. The molecule has 3 heterocycles. The largest absolute Gasteiger partial charge is 0.376 e. The van der Waals surface area contributed by atoms with Gasteiger partial charge < -0.3 is 10.1 Å². The molecule has 1 N–H and O–H groups in total.